The summed E-state index contributed by atoms with van der Waals surface area (Å²) in [6.07, 6.45) is 4.55. The first-order chi connectivity index (χ1) is 8.83. The van der Waals surface area contributed by atoms with Crippen LogP contribution in [0, 0.1) is 5.92 Å². The van der Waals surface area contributed by atoms with Gasteiger partial charge in [-0.2, -0.15) is 0 Å². The number of nitrogens with two attached hydrogens (primary N) is 1. The Kier molecular flexibility index (Phi) is 5.02. The Morgan fingerprint density at radius 3 is 2.67 bits per heavy atom. The molecule has 3 N–H and O–H groups in total. The minimum atomic E-state index is 0.221. The van der Waals surface area contributed by atoms with E-state index in [1.807, 2.05) is 0 Å². The molecule has 18 heavy (non-hydrogen) atoms. The smallest absolute Gasteiger partial charge is 0.0471 e. The second-order valence-electron chi connectivity index (χ2n) is 5.18. The third kappa shape index (κ3) is 3.47. The van der Waals surface area contributed by atoms with Crippen LogP contribution < -0.4 is 10.6 Å². The molecular weight excluding hydrogens is 224 g/mol. The van der Waals surface area contributed by atoms with Gasteiger partial charge in [0.15, 0.2) is 0 Å². The standard InChI is InChI=1S/C15H24N2O/c16-11-14-3-1-2-9-17(12-14)15-6-4-13(5-7-15)8-10-18/h4-7,14,18H,1-3,8-12,16H2. The first kappa shape index (κ1) is 13.4. The molecule has 100 valence electrons. The molecule has 0 amide bonds. The molecule has 0 aromatic heterocycles. The van der Waals surface area contributed by atoms with Gasteiger partial charge in [-0.25, -0.2) is 0 Å². The first-order valence-corrected chi connectivity index (χ1v) is 6.98. The number of hydrogen-bond acceptors (Lipinski definition) is 3. The van der Waals surface area contributed by atoms with E-state index in [0.717, 1.165) is 26.1 Å². The van der Waals surface area contributed by atoms with Crippen molar-refractivity contribution in [3.63, 3.8) is 0 Å². The Balaban J connectivity index is 2.04. The van der Waals surface area contributed by atoms with Crippen LogP contribution in [0.25, 0.3) is 0 Å². The van der Waals surface area contributed by atoms with Crippen LogP contribution in [0.4, 0.5) is 5.69 Å². The zero-order valence-electron chi connectivity index (χ0n) is 11.0. The highest BCUT2D eigenvalue weighted by atomic mass is 16.2. The average molecular weight is 248 g/mol. The number of aliphatic hydroxyl groups is 1. The van der Waals surface area contributed by atoms with Crippen molar-refractivity contribution >= 4 is 5.69 Å². The van der Waals surface area contributed by atoms with Gasteiger partial charge in [0.25, 0.3) is 0 Å². The molecule has 0 radical (unpaired) electrons. The molecule has 1 saturated heterocycles. The topological polar surface area (TPSA) is 49.5 Å². The van der Waals surface area contributed by atoms with Crippen molar-refractivity contribution in [1.29, 1.82) is 0 Å². The van der Waals surface area contributed by atoms with E-state index in [2.05, 4.69) is 29.2 Å². The number of rotatable bonds is 4. The highest BCUT2D eigenvalue weighted by Gasteiger charge is 2.17. The predicted molar refractivity (Wildman–Crippen MR) is 75.8 cm³/mol. The summed E-state index contributed by atoms with van der Waals surface area (Å²) in [5, 5.41) is 8.92. The van der Waals surface area contributed by atoms with E-state index in [4.69, 9.17) is 10.8 Å². The normalized spacial score (nSPS) is 20.8. The Hall–Kier alpha value is -1.06. The van der Waals surface area contributed by atoms with Crippen molar-refractivity contribution in [1.82, 2.24) is 0 Å². The summed E-state index contributed by atoms with van der Waals surface area (Å²) in [6, 6.07) is 8.58. The van der Waals surface area contributed by atoms with Crippen LogP contribution in [0.5, 0.6) is 0 Å². The second-order valence-corrected chi connectivity index (χ2v) is 5.18. The highest BCUT2D eigenvalue weighted by Crippen LogP contribution is 2.22. The molecule has 1 unspecified atom stereocenters. The molecule has 2 rings (SSSR count). The summed E-state index contributed by atoms with van der Waals surface area (Å²) in [7, 11) is 0. The fraction of sp³-hybridized carbons (Fsp3) is 0.600. The molecule has 0 bridgehead atoms. The van der Waals surface area contributed by atoms with Crippen molar-refractivity contribution < 1.29 is 5.11 Å². The number of hydrogen-bond donors (Lipinski definition) is 2. The lowest BCUT2D eigenvalue weighted by atomic mass is 10.0. The molecule has 1 heterocycles. The third-order valence-electron chi connectivity index (χ3n) is 3.80. The predicted octanol–water partition coefficient (Wildman–Crippen LogP) is 1.79. The van der Waals surface area contributed by atoms with Crippen LogP contribution in [0.3, 0.4) is 0 Å². The molecule has 0 spiro atoms. The summed E-state index contributed by atoms with van der Waals surface area (Å²) < 4.78 is 0. The summed E-state index contributed by atoms with van der Waals surface area (Å²) in [4.78, 5) is 2.45. The van der Waals surface area contributed by atoms with E-state index in [-0.39, 0.29) is 6.61 Å². The fourth-order valence-electron chi connectivity index (χ4n) is 2.66. The van der Waals surface area contributed by atoms with Crippen molar-refractivity contribution in [3.8, 4) is 0 Å². The Labute approximate surface area is 110 Å². The van der Waals surface area contributed by atoms with Gasteiger partial charge >= 0.3 is 0 Å². The van der Waals surface area contributed by atoms with Crippen LogP contribution in [-0.4, -0.2) is 31.3 Å². The lowest BCUT2D eigenvalue weighted by molar-refractivity contribution is 0.299. The van der Waals surface area contributed by atoms with Gasteiger partial charge in [0.1, 0.15) is 0 Å². The fourth-order valence-corrected chi connectivity index (χ4v) is 2.66. The molecular formula is C15H24N2O. The molecule has 1 atom stereocenters. The Bertz CT molecular complexity index is 350. The van der Waals surface area contributed by atoms with Gasteiger partial charge in [-0.3, -0.25) is 0 Å². The van der Waals surface area contributed by atoms with Gasteiger partial charge in [-0.1, -0.05) is 18.6 Å². The quantitative estimate of drug-likeness (QED) is 0.854. The summed E-state index contributed by atoms with van der Waals surface area (Å²) >= 11 is 0. The molecule has 1 fully saturated rings. The Morgan fingerprint density at radius 2 is 2.00 bits per heavy atom. The summed E-state index contributed by atoms with van der Waals surface area (Å²) in [6.45, 7) is 3.23. The zero-order valence-corrected chi connectivity index (χ0v) is 11.0. The maximum atomic E-state index is 8.92. The van der Waals surface area contributed by atoms with Crippen molar-refractivity contribution in [2.45, 2.75) is 25.7 Å². The van der Waals surface area contributed by atoms with Crippen LogP contribution in [0.15, 0.2) is 24.3 Å². The van der Waals surface area contributed by atoms with Gasteiger partial charge in [-0.15, -0.1) is 0 Å². The number of benzene rings is 1. The van der Waals surface area contributed by atoms with E-state index >= 15 is 0 Å². The largest absolute Gasteiger partial charge is 0.396 e. The maximum absolute atomic E-state index is 8.92. The van der Waals surface area contributed by atoms with E-state index in [9.17, 15) is 0 Å². The van der Waals surface area contributed by atoms with Crippen molar-refractivity contribution in [3.05, 3.63) is 29.8 Å². The van der Waals surface area contributed by atoms with Gasteiger partial charge in [0.2, 0.25) is 0 Å². The molecule has 1 aromatic rings. The number of nitrogens with zero attached hydrogens (tertiary/aromatic N) is 1. The number of anilines is 1. The maximum Gasteiger partial charge on any atom is 0.0471 e. The van der Waals surface area contributed by atoms with Crippen LogP contribution >= 0.6 is 0 Å². The number of aliphatic hydroxyl groups excluding tert-OH is 1. The SMILES string of the molecule is NCC1CCCCN(c2ccc(CCO)cc2)C1. The van der Waals surface area contributed by atoms with Crippen LogP contribution in [-0.2, 0) is 6.42 Å². The van der Waals surface area contributed by atoms with E-state index in [0.29, 0.717) is 5.92 Å². The minimum Gasteiger partial charge on any atom is -0.396 e. The van der Waals surface area contributed by atoms with Crippen molar-refractivity contribution in [2.24, 2.45) is 11.7 Å². The molecule has 3 nitrogen and oxygen atoms in total. The van der Waals surface area contributed by atoms with Gasteiger partial charge in [0.05, 0.1) is 0 Å². The minimum absolute atomic E-state index is 0.221. The highest BCUT2D eigenvalue weighted by molar-refractivity contribution is 5.47. The molecule has 1 aliphatic heterocycles. The monoisotopic (exact) mass is 248 g/mol. The average Bonchev–Trinajstić information content (AvgIpc) is 2.65. The van der Waals surface area contributed by atoms with Crippen molar-refractivity contribution in [2.75, 3.05) is 31.1 Å². The van der Waals surface area contributed by atoms with Crippen LogP contribution in [0.2, 0.25) is 0 Å². The van der Waals surface area contributed by atoms with E-state index < -0.39 is 0 Å². The molecule has 0 aliphatic carbocycles. The molecule has 1 aromatic carbocycles. The van der Waals surface area contributed by atoms with E-state index in [1.54, 1.807) is 0 Å². The zero-order chi connectivity index (χ0) is 12.8. The lowest BCUT2D eigenvalue weighted by Gasteiger charge is -2.26. The summed E-state index contributed by atoms with van der Waals surface area (Å²) in [5.41, 5.74) is 8.31. The van der Waals surface area contributed by atoms with E-state index in [1.165, 1.54) is 30.5 Å². The van der Waals surface area contributed by atoms with Crippen LogP contribution in [0.1, 0.15) is 24.8 Å². The van der Waals surface area contributed by atoms with Gasteiger partial charge in [0, 0.05) is 25.4 Å². The molecule has 3 heteroatoms. The molecule has 1 aliphatic rings. The second kappa shape index (κ2) is 6.76. The first-order valence-electron chi connectivity index (χ1n) is 6.98. The molecule has 0 saturated carbocycles. The Morgan fingerprint density at radius 1 is 1.22 bits per heavy atom. The lowest BCUT2D eigenvalue weighted by Crippen LogP contribution is -2.31. The van der Waals surface area contributed by atoms with Gasteiger partial charge < -0.3 is 15.7 Å². The third-order valence-corrected chi connectivity index (χ3v) is 3.80. The summed E-state index contributed by atoms with van der Waals surface area (Å²) in [5.74, 6) is 0.629. The van der Waals surface area contributed by atoms with Gasteiger partial charge in [-0.05, 0) is 49.4 Å².